The minimum Gasteiger partial charge on any atom is -0.341 e. The van der Waals surface area contributed by atoms with Crippen molar-refractivity contribution in [2.75, 3.05) is 45.8 Å². The fraction of sp³-hybridized carbons (Fsp3) is 0.636. The average Bonchev–Trinajstić information content (AvgIpc) is 3.43. The maximum absolute atomic E-state index is 13.3. The Kier molecular flexibility index (Phi) is 7.41. The molecule has 3 saturated heterocycles. The molecule has 0 saturated carbocycles. The SMILES string of the molecule is Cl.NC[C@@H]1CN(C(=O)C2CCCN(C(=O)N3CCCC3)C2)C[C@H]1c1ccccc1. The van der Waals surface area contributed by atoms with E-state index < -0.39 is 0 Å². The van der Waals surface area contributed by atoms with Gasteiger partial charge in [-0.15, -0.1) is 12.4 Å². The number of likely N-dealkylation sites (tertiary alicyclic amines) is 3. The largest absolute Gasteiger partial charge is 0.341 e. The summed E-state index contributed by atoms with van der Waals surface area (Å²) in [7, 11) is 0. The van der Waals surface area contributed by atoms with Crippen molar-refractivity contribution in [2.45, 2.75) is 31.6 Å². The molecule has 0 spiro atoms. The molecule has 3 atom stereocenters. The summed E-state index contributed by atoms with van der Waals surface area (Å²) in [5.41, 5.74) is 7.30. The number of carbonyl (C=O) groups is 2. The lowest BCUT2D eigenvalue weighted by Gasteiger charge is -2.36. The summed E-state index contributed by atoms with van der Waals surface area (Å²) in [6.07, 6.45) is 3.98. The highest BCUT2D eigenvalue weighted by molar-refractivity contribution is 5.85. The molecule has 3 amide bonds. The molecule has 3 fully saturated rings. The van der Waals surface area contributed by atoms with Crippen LogP contribution in [0.3, 0.4) is 0 Å². The monoisotopic (exact) mass is 420 g/mol. The Balaban J connectivity index is 0.00000240. The number of benzene rings is 1. The van der Waals surface area contributed by atoms with Gasteiger partial charge in [-0.3, -0.25) is 4.79 Å². The van der Waals surface area contributed by atoms with Crippen molar-refractivity contribution in [2.24, 2.45) is 17.6 Å². The average molecular weight is 421 g/mol. The molecule has 6 nitrogen and oxygen atoms in total. The number of halogens is 1. The number of urea groups is 1. The Hall–Kier alpha value is -1.79. The van der Waals surface area contributed by atoms with E-state index in [0.29, 0.717) is 24.9 Å². The van der Waals surface area contributed by atoms with Crippen molar-refractivity contribution >= 4 is 24.3 Å². The zero-order valence-electron chi connectivity index (χ0n) is 17.0. The number of carbonyl (C=O) groups excluding carboxylic acids is 2. The lowest BCUT2D eigenvalue weighted by molar-refractivity contribution is -0.136. The topological polar surface area (TPSA) is 69.9 Å². The standard InChI is InChI=1S/C22H32N4O2.ClH/c23-13-19-15-26(16-20(19)17-7-2-1-3-8-17)21(27)18-9-6-12-25(14-18)22(28)24-10-4-5-11-24;/h1-3,7-8,18-20H,4-6,9-16,23H2;1H/t18?,19-,20+;/m1./s1. The second kappa shape index (κ2) is 9.81. The molecule has 0 aromatic heterocycles. The zero-order chi connectivity index (χ0) is 19.5. The molecule has 1 unspecified atom stereocenters. The first-order valence-corrected chi connectivity index (χ1v) is 10.7. The third-order valence-corrected chi connectivity index (χ3v) is 6.70. The fourth-order valence-electron chi connectivity index (χ4n) is 5.09. The van der Waals surface area contributed by atoms with Gasteiger partial charge in [0.05, 0.1) is 5.92 Å². The van der Waals surface area contributed by atoms with E-state index in [4.69, 9.17) is 5.73 Å². The summed E-state index contributed by atoms with van der Waals surface area (Å²) in [6, 6.07) is 10.5. The molecule has 7 heteroatoms. The Morgan fingerprint density at radius 3 is 2.28 bits per heavy atom. The molecule has 2 N–H and O–H groups in total. The lowest BCUT2D eigenvalue weighted by atomic mass is 9.89. The molecule has 1 aromatic carbocycles. The van der Waals surface area contributed by atoms with Gasteiger partial charge in [-0.2, -0.15) is 0 Å². The summed E-state index contributed by atoms with van der Waals surface area (Å²) in [5.74, 6) is 0.738. The van der Waals surface area contributed by atoms with Crippen LogP contribution in [0.2, 0.25) is 0 Å². The van der Waals surface area contributed by atoms with Crippen molar-refractivity contribution in [3.8, 4) is 0 Å². The summed E-state index contributed by atoms with van der Waals surface area (Å²) < 4.78 is 0. The van der Waals surface area contributed by atoms with Crippen LogP contribution >= 0.6 is 12.4 Å². The van der Waals surface area contributed by atoms with Crippen LogP contribution in [-0.4, -0.2) is 72.5 Å². The van der Waals surface area contributed by atoms with Crippen molar-refractivity contribution in [1.82, 2.24) is 14.7 Å². The quantitative estimate of drug-likeness (QED) is 0.816. The van der Waals surface area contributed by atoms with Crippen LogP contribution in [0.25, 0.3) is 0 Å². The van der Waals surface area contributed by atoms with Crippen LogP contribution in [0.1, 0.15) is 37.2 Å². The van der Waals surface area contributed by atoms with Crippen LogP contribution in [0, 0.1) is 11.8 Å². The van der Waals surface area contributed by atoms with E-state index in [-0.39, 0.29) is 30.3 Å². The Morgan fingerprint density at radius 2 is 1.59 bits per heavy atom. The molecule has 0 bridgehead atoms. The van der Waals surface area contributed by atoms with Gasteiger partial charge in [0.25, 0.3) is 0 Å². The Morgan fingerprint density at radius 1 is 0.897 bits per heavy atom. The highest BCUT2D eigenvalue weighted by Crippen LogP contribution is 2.33. The van der Waals surface area contributed by atoms with E-state index >= 15 is 0 Å². The first kappa shape index (κ1) is 21.9. The smallest absolute Gasteiger partial charge is 0.320 e. The maximum atomic E-state index is 13.3. The van der Waals surface area contributed by atoms with Crippen molar-refractivity contribution in [3.63, 3.8) is 0 Å². The van der Waals surface area contributed by atoms with Gasteiger partial charge in [0.2, 0.25) is 5.91 Å². The van der Waals surface area contributed by atoms with Gasteiger partial charge in [0.15, 0.2) is 0 Å². The first-order valence-electron chi connectivity index (χ1n) is 10.7. The molecule has 1 aromatic rings. The fourth-order valence-corrected chi connectivity index (χ4v) is 5.09. The molecule has 3 heterocycles. The number of amides is 3. The van der Waals surface area contributed by atoms with Gasteiger partial charge in [-0.1, -0.05) is 30.3 Å². The third-order valence-electron chi connectivity index (χ3n) is 6.70. The predicted octanol–water partition coefficient (Wildman–Crippen LogP) is 2.54. The normalized spacial score (nSPS) is 27.1. The van der Waals surface area contributed by atoms with Crippen molar-refractivity contribution < 1.29 is 9.59 Å². The van der Waals surface area contributed by atoms with Crippen LogP contribution in [-0.2, 0) is 4.79 Å². The minimum absolute atomic E-state index is 0. The van der Waals surface area contributed by atoms with E-state index in [1.165, 1.54) is 5.56 Å². The van der Waals surface area contributed by atoms with Crippen molar-refractivity contribution in [1.29, 1.82) is 0 Å². The van der Waals surface area contributed by atoms with Crippen LogP contribution in [0.15, 0.2) is 30.3 Å². The zero-order valence-corrected chi connectivity index (χ0v) is 17.9. The van der Waals surface area contributed by atoms with Crippen LogP contribution < -0.4 is 5.73 Å². The minimum atomic E-state index is -0.0757. The summed E-state index contributed by atoms with van der Waals surface area (Å²) in [5, 5.41) is 0. The van der Waals surface area contributed by atoms with Gasteiger partial charge >= 0.3 is 6.03 Å². The number of nitrogens with two attached hydrogens (primary N) is 1. The maximum Gasteiger partial charge on any atom is 0.320 e. The number of rotatable bonds is 3. The van der Waals surface area contributed by atoms with Gasteiger partial charge in [-0.25, -0.2) is 4.79 Å². The number of hydrogen-bond acceptors (Lipinski definition) is 3. The summed E-state index contributed by atoms with van der Waals surface area (Å²) >= 11 is 0. The highest BCUT2D eigenvalue weighted by atomic mass is 35.5. The lowest BCUT2D eigenvalue weighted by Crippen LogP contribution is -2.50. The Labute approximate surface area is 179 Å². The van der Waals surface area contributed by atoms with E-state index in [1.807, 2.05) is 20.8 Å². The van der Waals surface area contributed by atoms with E-state index in [1.54, 1.807) is 0 Å². The van der Waals surface area contributed by atoms with E-state index in [0.717, 1.165) is 58.4 Å². The molecular weight excluding hydrogens is 388 g/mol. The number of hydrogen-bond donors (Lipinski definition) is 1. The highest BCUT2D eigenvalue weighted by Gasteiger charge is 2.39. The van der Waals surface area contributed by atoms with Gasteiger partial charge in [0, 0.05) is 45.2 Å². The molecular formula is C22H33ClN4O2. The number of piperidine rings is 1. The van der Waals surface area contributed by atoms with E-state index in [9.17, 15) is 9.59 Å². The summed E-state index contributed by atoms with van der Waals surface area (Å²) in [6.45, 7) is 5.11. The molecule has 3 aliphatic heterocycles. The molecule has 160 valence electrons. The van der Waals surface area contributed by atoms with Gasteiger partial charge < -0.3 is 20.4 Å². The summed E-state index contributed by atoms with van der Waals surface area (Å²) in [4.78, 5) is 31.8. The Bertz CT molecular complexity index is 695. The first-order chi connectivity index (χ1) is 13.7. The van der Waals surface area contributed by atoms with Crippen molar-refractivity contribution in [3.05, 3.63) is 35.9 Å². The molecule has 0 radical (unpaired) electrons. The molecule has 4 rings (SSSR count). The second-order valence-corrected chi connectivity index (χ2v) is 8.52. The molecule has 0 aliphatic carbocycles. The van der Waals surface area contributed by atoms with Gasteiger partial charge in [0.1, 0.15) is 0 Å². The predicted molar refractivity (Wildman–Crippen MR) is 116 cm³/mol. The molecule has 3 aliphatic rings. The third kappa shape index (κ3) is 4.69. The second-order valence-electron chi connectivity index (χ2n) is 8.52. The van der Waals surface area contributed by atoms with Crippen LogP contribution in [0.4, 0.5) is 4.79 Å². The van der Waals surface area contributed by atoms with Gasteiger partial charge in [-0.05, 0) is 43.7 Å². The van der Waals surface area contributed by atoms with E-state index in [2.05, 4.69) is 24.3 Å². The molecule has 29 heavy (non-hydrogen) atoms. The van der Waals surface area contributed by atoms with Crippen LogP contribution in [0.5, 0.6) is 0 Å². The number of nitrogens with zero attached hydrogens (tertiary/aromatic N) is 3.